The van der Waals surface area contributed by atoms with Crippen LogP contribution in [-0.2, 0) is 4.79 Å². The maximum Gasteiger partial charge on any atom is 0.315 e. The molecule has 1 amide bonds. The number of ether oxygens (including phenoxy) is 1. The van der Waals surface area contributed by atoms with Crippen molar-refractivity contribution in [3.63, 3.8) is 0 Å². The summed E-state index contributed by atoms with van der Waals surface area (Å²) >= 11 is 6.47. The van der Waals surface area contributed by atoms with Gasteiger partial charge in [-0.3, -0.25) is 19.8 Å². The van der Waals surface area contributed by atoms with Gasteiger partial charge in [0.2, 0.25) is 5.75 Å². The predicted molar refractivity (Wildman–Crippen MR) is 113 cm³/mol. The molecule has 144 valence electrons. The Hall–Kier alpha value is -2.91. The van der Waals surface area contributed by atoms with E-state index in [4.69, 9.17) is 17.0 Å². The highest BCUT2D eigenvalue weighted by Gasteiger charge is 2.33. The van der Waals surface area contributed by atoms with Crippen molar-refractivity contribution in [1.82, 2.24) is 0 Å². The zero-order chi connectivity index (χ0) is 20.6. The van der Waals surface area contributed by atoms with Crippen molar-refractivity contribution in [2.75, 3.05) is 12.0 Å². The number of hydrogen-bond acceptors (Lipinski definition) is 7. The van der Waals surface area contributed by atoms with Crippen LogP contribution >= 0.6 is 24.0 Å². The number of aromatic hydroxyl groups is 1. The zero-order valence-corrected chi connectivity index (χ0v) is 16.9. The largest absolute Gasteiger partial charge is 0.500 e. The molecular formula is C19H16N2O5S2. The normalized spacial score (nSPS) is 15.4. The monoisotopic (exact) mass is 416 g/mol. The molecule has 1 aliphatic rings. The van der Waals surface area contributed by atoms with Crippen molar-refractivity contribution >= 4 is 51.7 Å². The van der Waals surface area contributed by atoms with E-state index in [9.17, 15) is 20.0 Å². The third-order valence-corrected chi connectivity index (χ3v) is 5.64. The Balaban J connectivity index is 2.01. The molecule has 1 N–H and O–H groups in total. The summed E-state index contributed by atoms with van der Waals surface area (Å²) < 4.78 is 5.37. The maximum atomic E-state index is 12.9. The first-order valence-corrected chi connectivity index (χ1v) is 9.36. The maximum absolute atomic E-state index is 12.9. The summed E-state index contributed by atoms with van der Waals surface area (Å²) in [6.07, 6.45) is 1.50. The number of carbonyl (C=O) groups is 1. The Bertz CT molecular complexity index is 1050. The molecule has 0 atom stereocenters. The van der Waals surface area contributed by atoms with Crippen molar-refractivity contribution < 1.29 is 19.6 Å². The molecule has 1 heterocycles. The number of thiocarbonyl (C=S) groups is 1. The Morgan fingerprint density at radius 2 is 1.96 bits per heavy atom. The van der Waals surface area contributed by atoms with Crippen molar-refractivity contribution in [3.8, 4) is 11.5 Å². The first kappa shape index (κ1) is 19.8. The minimum Gasteiger partial charge on any atom is -0.500 e. The molecule has 7 nitrogen and oxygen atoms in total. The minimum atomic E-state index is -0.713. The van der Waals surface area contributed by atoms with E-state index in [0.29, 0.717) is 20.5 Å². The second-order valence-corrected chi connectivity index (χ2v) is 7.81. The predicted octanol–water partition coefficient (Wildman–Crippen LogP) is 4.33. The van der Waals surface area contributed by atoms with Crippen LogP contribution in [0, 0.1) is 24.0 Å². The Labute approximate surface area is 170 Å². The number of phenols is 1. The van der Waals surface area contributed by atoms with Gasteiger partial charge in [0.25, 0.3) is 5.91 Å². The van der Waals surface area contributed by atoms with E-state index in [0.717, 1.165) is 22.9 Å². The number of hydrogen-bond donors (Lipinski definition) is 1. The molecule has 0 aromatic heterocycles. The summed E-state index contributed by atoms with van der Waals surface area (Å²) in [7, 11) is 1.29. The summed E-state index contributed by atoms with van der Waals surface area (Å²) in [4.78, 5) is 25.1. The smallest absolute Gasteiger partial charge is 0.315 e. The molecule has 0 radical (unpaired) electrons. The molecule has 1 fully saturated rings. The number of benzene rings is 2. The molecule has 0 saturated carbocycles. The van der Waals surface area contributed by atoms with E-state index in [2.05, 4.69) is 0 Å². The van der Waals surface area contributed by atoms with Crippen LogP contribution in [-0.4, -0.2) is 27.4 Å². The van der Waals surface area contributed by atoms with Gasteiger partial charge in [0.15, 0.2) is 10.1 Å². The number of amides is 1. The summed E-state index contributed by atoms with van der Waals surface area (Å²) in [6, 6.07) is 8.23. The summed E-state index contributed by atoms with van der Waals surface area (Å²) in [5.41, 5.74) is 2.66. The average Bonchev–Trinajstić information content (AvgIpc) is 2.92. The van der Waals surface area contributed by atoms with Crippen LogP contribution in [0.25, 0.3) is 6.08 Å². The van der Waals surface area contributed by atoms with Crippen LogP contribution in [0.5, 0.6) is 11.5 Å². The SMILES string of the molecule is COc1cc(/C=C2/SC(=S)N(c3ccc(C)c(C)c3)C2=O)cc([N+](=O)[O-])c1O. The van der Waals surface area contributed by atoms with Gasteiger partial charge in [0, 0.05) is 6.07 Å². The lowest BCUT2D eigenvalue weighted by Gasteiger charge is -2.15. The highest BCUT2D eigenvalue weighted by atomic mass is 32.2. The molecular weight excluding hydrogens is 400 g/mol. The highest BCUT2D eigenvalue weighted by molar-refractivity contribution is 8.27. The third kappa shape index (κ3) is 3.58. The molecule has 2 aromatic rings. The van der Waals surface area contributed by atoms with Crippen molar-refractivity contribution in [1.29, 1.82) is 0 Å². The number of nitrogens with zero attached hydrogens (tertiary/aromatic N) is 2. The van der Waals surface area contributed by atoms with Crippen molar-refractivity contribution in [2.24, 2.45) is 0 Å². The Morgan fingerprint density at radius 1 is 1.25 bits per heavy atom. The van der Waals surface area contributed by atoms with Gasteiger partial charge in [-0.25, -0.2) is 0 Å². The number of rotatable bonds is 4. The minimum absolute atomic E-state index is 0.0508. The number of aryl methyl sites for hydroxylation is 2. The lowest BCUT2D eigenvalue weighted by atomic mass is 10.1. The van der Waals surface area contributed by atoms with Gasteiger partial charge in [-0.2, -0.15) is 0 Å². The summed E-state index contributed by atoms with van der Waals surface area (Å²) in [5, 5.41) is 21.0. The molecule has 0 spiro atoms. The number of methoxy groups -OCH3 is 1. The van der Waals surface area contributed by atoms with Gasteiger partial charge < -0.3 is 9.84 Å². The van der Waals surface area contributed by atoms with E-state index in [1.165, 1.54) is 30.2 Å². The lowest BCUT2D eigenvalue weighted by molar-refractivity contribution is -0.386. The van der Waals surface area contributed by atoms with Crippen LogP contribution in [0.3, 0.4) is 0 Å². The van der Waals surface area contributed by atoms with E-state index in [-0.39, 0.29) is 11.7 Å². The molecule has 9 heteroatoms. The van der Waals surface area contributed by atoms with Gasteiger partial charge in [-0.15, -0.1) is 0 Å². The second kappa shape index (κ2) is 7.61. The second-order valence-electron chi connectivity index (χ2n) is 6.13. The first-order chi connectivity index (χ1) is 13.2. The molecule has 2 aromatic carbocycles. The number of anilines is 1. The van der Waals surface area contributed by atoms with Gasteiger partial charge in [-0.1, -0.05) is 30.0 Å². The summed E-state index contributed by atoms with van der Waals surface area (Å²) in [5.74, 6) is -0.926. The number of carbonyl (C=O) groups excluding carboxylic acids is 1. The quantitative estimate of drug-likeness (QED) is 0.343. The van der Waals surface area contributed by atoms with E-state index in [1.807, 2.05) is 32.0 Å². The highest BCUT2D eigenvalue weighted by Crippen LogP contribution is 2.40. The van der Waals surface area contributed by atoms with Gasteiger partial charge in [-0.05, 0) is 54.8 Å². The Kier molecular flexibility index (Phi) is 5.39. The standard InChI is InChI=1S/C19H16N2O5S2/c1-10-4-5-13(6-11(10)2)20-18(23)16(28-19(20)27)9-12-7-14(21(24)25)17(22)15(8-12)26-3/h4-9,22H,1-3H3/b16-9+. The molecule has 0 unspecified atom stereocenters. The van der Waals surface area contributed by atoms with Crippen molar-refractivity contribution in [3.05, 3.63) is 62.0 Å². The fourth-order valence-corrected chi connectivity index (χ4v) is 4.00. The fourth-order valence-electron chi connectivity index (χ4n) is 2.70. The number of thioether (sulfide) groups is 1. The molecule has 28 heavy (non-hydrogen) atoms. The summed E-state index contributed by atoms with van der Waals surface area (Å²) in [6.45, 7) is 3.93. The van der Waals surface area contributed by atoms with Gasteiger partial charge in [0.05, 0.1) is 22.6 Å². The molecule has 1 aliphatic heterocycles. The third-order valence-electron chi connectivity index (χ3n) is 4.33. The van der Waals surface area contributed by atoms with Crippen LogP contribution in [0.15, 0.2) is 35.2 Å². The Morgan fingerprint density at radius 3 is 2.57 bits per heavy atom. The van der Waals surface area contributed by atoms with Crippen LogP contribution in [0.2, 0.25) is 0 Å². The van der Waals surface area contributed by atoms with E-state index < -0.39 is 16.4 Å². The fraction of sp³-hybridized carbons (Fsp3) is 0.158. The number of nitro benzene ring substituents is 1. The van der Waals surface area contributed by atoms with E-state index >= 15 is 0 Å². The van der Waals surface area contributed by atoms with Gasteiger partial charge >= 0.3 is 5.69 Å². The van der Waals surface area contributed by atoms with Crippen LogP contribution < -0.4 is 9.64 Å². The average molecular weight is 416 g/mol. The molecule has 1 saturated heterocycles. The zero-order valence-electron chi connectivity index (χ0n) is 15.3. The topological polar surface area (TPSA) is 92.9 Å². The van der Waals surface area contributed by atoms with E-state index in [1.54, 1.807) is 0 Å². The number of phenolic OH excluding ortho intramolecular Hbond substituents is 1. The van der Waals surface area contributed by atoms with Crippen molar-refractivity contribution in [2.45, 2.75) is 13.8 Å². The van der Waals surface area contributed by atoms with Crippen LogP contribution in [0.4, 0.5) is 11.4 Å². The molecule has 3 rings (SSSR count). The molecule has 0 aliphatic carbocycles. The van der Waals surface area contributed by atoms with Gasteiger partial charge in [0.1, 0.15) is 0 Å². The first-order valence-electron chi connectivity index (χ1n) is 8.13. The number of nitro groups is 1. The molecule has 0 bridgehead atoms. The lowest BCUT2D eigenvalue weighted by Crippen LogP contribution is -2.27. The van der Waals surface area contributed by atoms with Crippen LogP contribution in [0.1, 0.15) is 16.7 Å².